The Morgan fingerprint density at radius 2 is 2.19 bits per heavy atom. The summed E-state index contributed by atoms with van der Waals surface area (Å²) in [5.74, 6) is -0.696. The quantitative estimate of drug-likeness (QED) is 0.633. The fourth-order valence-corrected chi connectivity index (χ4v) is 1.54. The summed E-state index contributed by atoms with van der Waals surface area (Å²) in [6.07, 6.45) is 0.453. The minimum absolute atomic E-state index is 0. The van der Waals surface area contributed by atoms with Crippen LogP contribution in [-0.2, 0) is 19.1 Å². The number of ether oxygens (including phenoxy) is 2. The first-order valence-electron chi connectivity index (χ1n) is 4.76. The first-order chi connectivity index (χ1) is 7.14. The van der Waals surface area contributed by atoms with Crippen LogP contribution in [0.25, 0.3) is 0 Å². The average molecular weight is 253 g/mol. The van der Waals surface area contributed by atoms with Crippen molar-refractivity contribution in [1.82, 2.24) is 10.6 Å². The van der Waals surface area contributed by atoms with Crippen molar-refractivity contribution in [2.75, 3.05) is 33.9 Å². The van der Waals surface area contributed by atoms with Gasteiger partial charge in [-0.15, -0.1) is 12.4 Å². The van der Waals surface area contributed by atoms with Crippen LogP contribution >= 0.6 is 12.4 Å². The number of halogens is 1. The third-order valence-electron chi connectivity index (χ3n) is 2.31. The minimum Gasteiger partial charge on any atom is -0.467 e. The van der Waals surface area contributed by atoms with E-state index in [1.807, 2.05) is 0 Å². The summed E-state index contributed by atoms with van der Waals surface area (Å²) in [6, 6.07) is 0. The predicted molar refractivity (Wildman–Crippen MR) is 59.5 cm³/mol. The van der Waals surface area contributed by atoms with E-state index in [1.54, 1.807) is 7.05 Å². The van der Waals surface area contributed by atoms with Crippen LogP contribution in [0.5, 0.6) is 0 Å². The molecule has 16 heavy (non-hydrogen) atoms. The van der Waals surface area contributed by atoms with Crippen molar-refractivity contribution in [3.63, 3.8) is 0 Å². The maximum atomic E-state index is 11.5. The zero-order valence-corrected chi connectivity index (χ0v) is 10.2. The van der Waals surface area contributed by atoms with Crippen LogP contribution in [0, 0.1) is 0 Å². The second-order valence-electron chi connectivity index (χ2n) is 3.45. The minimum atomic E-state index is -0.997. The Morgan fingerprint density at radius 3 is 2.62 bits per heavy atom. The van der Waals surface area contributed by atoms with Crippen molar-refractivity contribution in [3.8, 4) is 0 Å². The fraction of sp³-hybridized carbons (Fsp3) is 0.778. The molecule has 7 heteroatoms. The maximum absolute atomic E-state index is 11.5. The van der Waals surface area contributed by atoms with Gasteiger partial charge in [-0.2, -0.15) is 0 Å². The zero-order chi connectivity index (χ0) is 11.3. The van der Waals surface area contributed by atoms with Gasteiger partial charge >= 0.3 is 5.97 Å². The fourth-order valence-electron chi connectivity index (χ4n) is 1.54. The van der Waals surface area contributed by atoms with Crippen molar-refractivity contribution in [2.45, 2.75) is 12.0 Å². The van der Waals surface area contributed by atoms with E-state index in [9.17, 15) is 9.59 Å². The van der Waals surface area contributed by atoms with Gasteiger partial charge in [0, 0.05) is 13.0 Å². The lowest BCUT2D eigenvalue weighted by Gasteiger charge is -2.25. The monoisotopic (exact) mass is 252 g/mol. The molecule has 6 nitrogen and oxygen atoms in total. The molecule has 1 aliphatic heterocycles. The van der Waals surface area contributed by atoms with Crippen LogP contribution in [0.2, 0.25) is 0 Å². The Hall–Kier alpha value is -0.850. The Bertz CT molecular complexity index is 254. The molecule has 1 heterocycles. The first kappa shape index (κ1) is 15.2. The van der Waals surface area contributed by atoms with E-state index >= 15 is 0 Å². The topological polar surface area (TPSA) is 76.7 Å². The molecule has 1 aliphatic rings. The Morgan fingerprint density at radius 1 is 1.50 bits per heavy atom. The molecule has 1 amide bonds. The number of carbonyl (C=O) groups excluding carboxylic acids is 2. The molecular weight excluding hydrogens is 236 g/mol. The summed E-state index contributed by atoms with van der Waals surface area (Å²) in [7, 11) is 2.96. The summed E-state index contributed by atoms with van der Waals surface area (Å²) in [4.78, 5) is 22.9. The SMILES string of the molecule is CNCC(=O)NC1(C(=O)OC)CCOC1.Cl. The van der Waals surface area contributed by atoms with Gasteiger partial charge in [0.2, 0.25) is 5.91 Å². The molecule has 0 aliphatic carbocycles. The van der Waals surface area contributed by atoms with Gasteiger partial charge in [-0.25, -0.2) is 4.79 Å². The van der Waals surface area contributed by atoms with E-state index in [4.69, 9.17) is 4.74 Å². The van der Waals surface area contributed by atoms with E-state index in [0.717, 1.165) is 0 Å². The van der Waals surface area contributed by atoms with Crippen molar-refractivity contribution in [3.05, 3.63) is 0 Å². The second kappa shape index (κ2) is 6.67. The van der Waals surface area contributed by atoms with E-state index in [1.165, 1.54) is 7.11 Å². The van der Waals surface area contributed by atoms with Crippen LogP contribution in [0.15, 0.2) is 0 Å². The van der Waals surface area contributed by atoms with Crippen LogP contribution in [0.3, 0.4) is 0 Å². The Kier molecular flexibility index (Phi) is 6.32. The van der Waals surface area contributed by atoms with E-state index in [-0.39, 0.29) is 31.5 Å². The van der Waals surface area contributed by atoms with Crippen LogP contribution < -0.4 is 10.6 Å². The lowest BCUT2D eigenvalue weighted by Crippen LogP contribution is -2.57. The molecular formula is C9H17ClN2O4. The number of carbonyl (C=O) groups is 2. The highest BCUT2D eigenvalue weighted by molar-refractivity contribution is 5.89. The zero-order valence-electron chi connectivity index (χ0n) is 9.37. The van der Waals surface area contributed by atoms with E-state index < -0.39 is 11.5 Å². The lowest BCUT2D eigenvalue weighted by molar-refractivity contribution is -0.150. The maximum Gasteiger partial charge on any atom is 0.334 e. The number of esters is 1. The van der Waals surface area contributed by atoms with Crippen molar-refractivity contribution < 1.29 is 19.1 Å². The molecule has 0 aromatic carbocycles. The van der Waals surface area contributed by atoms with Crippen molar-refractivity contribution >= 4 is 24.3 Å². The van der Waals surface area contributed by atoms with E-state index in [2.05, 4.69) is 15.4 Å². The largest absolute Gasteiger partial charge is 0.467 e. The third kappa shape index (κ3) is 3.33. The molecule has 0 saturated carbocycles. The van der Waals surface area contributed by atoms with Gasteiger partial charge in [-0.3, -0.25) is 4.79 Å². The molecule has 0 aromatic heterocycles. The molecule has 0 radical (unpaired) electrons. The number of nitrogens with one attached hydrogen (secondary N) is 2. The van der Waals surface area contributed by atoms with Crippen LogP contribution in [-0.4, -0.2) is 51.3 Å². The van der Waals surface area contributed by atoms with Gasteiger partial charge < -0.3 is 20.1 Å². The summed E-state index contributed by atoms with van der Waals surface area (Å²) in [5.41, 5.74) is -0.997. The lowest BCUT2D eigenvalue weighted by atomic mass is 9.99. The van der Waals surface area contributed by atoms with Gasteiger partial charge in [0.15, 0.2) is 5.54 Å². The molecule has 1 saturated heterocycles. The number of likely N-dealkylation sites (N-methyl/N-ethyl adjacent to an activating group) is 1. The molecule has 1 atom stereocenters. The molecule has 2 N–H and O–H groups in total. The number of methoxy groups -OCH3 is 1. The first-order valence-corrected chi connectivity index (χ1v) is 4.76. The normalized spacial score (nSPS) is 23.4. The highest BCUT2D eigenvalue weighted by Gasteiger charge is 2.44. The Labute approximate surface area is 100 Å². The molecule has 0 bridgehead atoms. The van der Waals surface area contributed by atoms with Crippen LogP contribution in [0.4, 0.5) is 0 Å². The highest BCUT2D eigenvalue weighted by Crippen LogP contribution is 2.20. The van der Waals surface area contributed by atoms with Crippen LogP contribution in [0.1, 0.15) is 6.42 Å². The summed E-state index contributed by atoms with van der Waals surface area (Å²) in [5, 5.41) is 5.35. The van der Waals surface area contributed by atoms with Crippen molar-refractivity contribution in [2.24, 2.45) is 0 Å². The molecule has 1 rings (SSSR count). The second-order valence-corrected chi connectivity index (χ2v) is 3.45. The molecule has 1 fully saturated rings. The van der Waals surface area contributed by atoms with Gasteiger partial charge in [-0.1, -0.05) is 0 Å². The molecule has 94 valence electrons. The molecule has 0 aromatic rings. The number of hydrogen-bond acceptors (Lipinski definition) is 5. The van der Waals surface area contributed by atoms with Gasteiger partial charge in [0.25, 0.3) is 0 Å². The average Bonchev–Trinajstić information content (AvgIpc) is 2.66. The standard InChI is InChI=1S/C9H16N2O4.ClH/c1-10-5-7(12)11-9(8(13)14-2)3-4-15-6-9;/h10H,3-6H2,1-2H3,(H,11,12);1H. The Balaban J connectivity index is 0.00000225. The summed E-state index contributed by atoms with van der Waals surface area (Å²) in [6.45, 7) is 0.794. The van der Waals surface area contributed by atoms with Gasteiger partial charge in [0.05, 0.1) is 20.3 Å². The van der Waals surface area contributed by atoms with E-state index in [0.29, 0.717) is 13.0 Å². The molecule has 1 unspecified atom stereocenters. The van der Waals surface area contributed by atoms with Gasteiger partial charge in [-0.05, 0) is 7.05 Å². The third-order valence-corrected chi connectivity index (χ3v) is 2.31. The number of rotatable bonds is 4. The summed E-state index contributed by atoms with van der Waals surface area (Å²) >= 11 is 0. The smallest absolute Gasteiger partial charge is 0.334 e. The number of hydrogen-bond donors (Lipinski definition) is 2. The number of amides is 1. The van der Waals surface area contributed by atoms with Crippen molar-refractivity contribution in [1.29, 1.82) is 0 Å². The summed E-state index contributed by atoms with van der Waals surface area (Å²) < 4.78 is 9.79. The van der Waals surface area contributed by atoms with Gasteiger partial charge in [0.1, 0.15) is 0 Å². The highest BCUT2D eigenvalue weighted by atomic mass is 35.5. The molecule has 0 spiro atoms. The predicted octanol–water partition coefficient (Wildman–Crippen LogP) is -0.924.